The van der Waals surface area contributed by atoms with Gasteiger partial charge in [-0.1, -0.05) is 18.2 Å². The van der Waals surface area contributed by atoms with E-state index < -0.39 is 18.8 Å². The minimum absolute atomic E-state index is 0.0536. The second-order valence-corrected chi connectivity index (χ2v) is 6.79. The van der Waals surface area contributed by atoms with Crippen molar-refractivity contribution in [1.29, 1.82) is 0 Å². The molecule has 1 saturated heterocycles. The maximum Gasteiger partial charge on any atom is 0.422 e. The zero-order chi connectivity index (χ0) is 21.6. The molecule has 1 aliphatic heterocycles. The normalized spacial score (nSPS) is 14.0. The Kier molecular flexibility index (Phi) is 6.76. The minimum atomic E-state index is -4.48. The van der Waals surface area contributed by atoms with Crippen LogP contribution in [0.3, 0.4) is 0 Å². The molecular weight excluding hydrogens is 401 g/mol. The lowest BCUT2D eigenvalue weighted by molar-refractivity contribution is -0.154. The number of nitrogens with one attached hydrogen (secondary N) is 2. The summed E-state index contributed by atoms with van der Waals surface area (Å²) < 4.78 is 41.7. The second kappa shape index (κ2) is 9.47. The van der Waals surface area contributed by atoms with E-state index in [0.29, 0.717) is 24.2 Å². The van der Waals surface area contributed by atoms with Gasteiger partial charge in [0.1, 0.15) is 0 Å². The number of benzene rings is 1. The number of alkyl halides is 3. The number of ether oxygens (including phenoxy) is 1. The molecule has 160 valence electrons. The van der Waals surface area contributed by atoms with Crippen molar-refractivity contribution in [1.82, 2.24) is 15.2 Å². The molecule has 10 heteroatoms. The van der Waals surface area contributed by atoms with Gasteiger partial charge in [0.05, 0.1) is 0 Å². The van der Waals surface area contributed by atoms with Crippen LogP contribution in [-0.4, -0.2) is 41.2 Å². The molecule has 1 aromatic heterocycles. The molecule has 1 aliphatic rings. The van der Waals surface area contributed by atoms with Gasteiger partial charge in [-0.15, -0.1) is 0 Å². The Morgan fingerprint density at radius 2 is 1.97 bits per heavy atom. The molecule has 0 spiro atoms. The van der Waals surface area contributed by atoms with Crippen molar-refractivity contribution in [2.24, 2.45) is 0 Å². The number of pyridine rings is 1. The van der Waals surface area contributed by atoms with Crippen LogP contribution in [0.5, 0.6) is 5.88 Å². The van der Waals surface area contributed by atoms with Gasteiger partial charge in [0.2, 0.25) is 11.8 Å². The molecule has 0 atom stereocenters. The number of carbonyl (C=O) groups excluding carboxylic acids is 2. The molecule has 3 rings (SSSR count). The Hall–Kier alpha value is -3.30. The topological polar surface area (TPSA) is 83.6 Å². The van der Waals surface area contributed by atoms with Crippen molar-refractivity contribution < 1.29 is 27.5 Å². The van der Waals surface area contributed by atoms with Crippen LogP contribution in [0.15, 0.2) is 42.6 Å². The van der Waals surface area contributed by atoms with Crippen molar-refractivity contribution in [3.63, 3.8) is 0 Å². The highest BCUT2D eigenvalue weighted by Gasteiger charge is 2.29. The molecule has 1 fully saturated rings. The quantitative estimate of drug-likeness (QED) is 0.716. The molecule has 2 aromatic rings. The fourth-order valence-electron chi connectivity index (χ4n) is 2.97. The van der Waals surface area contributed by atoms with E-state index in [-0.39, 0.29) is 18.3 Å². The number of likely N-dealkylation sites (tertiary alicyclic amines) is 1. The largest absolute Gasteiger partial charge is 0.468 e. The third-order valence-corrected chi connectivity index (χ3v) is 4.42. The molecule has 7 nitrogen and oxygen atoms in total. The average Bonchev–Trinajstić information content (AvgIpc) is 3.11. The maximum absolute atomic E-state index is 12.3. The van der Waals surface area contributed by atoms with Crippen LogP contribution in [0.2, 0.25) is 0 Å². The Labute approximate surface area is 171 Å². The summed E-state index contributed by atoms with van der Waals surface area (Å²) in [4.78, 5) is 29.4. The van der Waals surface area contributed by atoms with Gasteiger partial charge in [-0.25, -0.2) is 9.78 Å². The molecule has 1 aromatic carbocycles. The number of urea groups is 1. The van der Waals surface area contributed by atoms with Crippen molar-refractivity contribution in [3.8, 4) is 5.88 Å². The summed E-state index contributed by atoms with van der Waals surface area (Å²) in [5.74, 6) is -0.0403. The van der Waals surface area contributed by atoms with E-state index in [9.17, 15) is 22.8 Å². The number of carbonyl (C=O) groups is 2. The van der Waals surface area contributed by atoms with Gasteiger partial charge in [-0.3, -0.25) is 4.79 Å². The highest BCUT2D eigenvalue weighted by atomic mass is 19.4. The molecule has 0 radical (unpaired) electrons. The van der Waals surface area contributed by atoms with Crippen molar-refractivity contribution in [2.45, 2.75) is 32.1 Å². The van der Waals surface area contributed by atoms with E-state index in [4.69, 9.17) is 4.74 Å². The lowest BCUT2D eigenvalue weighted by Crippen LogP contribution is -2.29. The maximum atomic E-state index is 12.3. The third-order valence-electron chi connectivity index (χ3n) is 4.42. The van der Waals surface area contributed by atoms with Crippen molar-refractivity contribution in [3.05, 3.63) is 53.7 Å². The summed E-state index contributed by atoms with van der Waals surface area (Å²) in [6, 6.07) is 9.63. The molecular formula is C20H21F3N4O3. The number of hydrogen-bond donors (Lipinski definition) is 2. The van der Waals surface area contributed by atoms with E-state index in [1.54, 1.807) is 23.1 Å². The highest BCUT2D eigenvalue weighted by Crippen LogP contribution is 2.20. The number of nitrogens with zero attached hydrogens (tertiary/aromatic N) is 2. The first-order chi connectivity index (χ1) is 14.3. The lowest BCUT2D eigenvalue weighted by atomic mass is 10.2. The third kappa shape index (κ3) is 6.36. The first kappa shape index (κ1) is 21.4. The van der Waals surface area contributed by atoms with Crippen LogP contribution < -0.4 is 15.4 Å². The lowest BCUT2D eigenvalue weighted by Gasteiger charge is -2.16. The van der Waals surface area contributed by atoms with Crippen LogP contribution in [-0.2, 0) is 17.9 Å². The molecule has 0 bridgehead atoms. The van der Waals surface area contributed by atoms with Gasteiger partial charge in [0, 0.05) is 43.5 Å². The number of aromatic nitrogens is 1. The number of amides is 3. The first-order valence-corrected chi connectivity index (χ1v) is 9.35. The van der Waals surface area contributed by atoms with Crippen molar-refractivity contribution in [2.75, 3.05) is 18.5 Å². The van der Waals surface area contributed by atoms with Gasteiger partial charge in [0.15, 0.2) is 6.61 Å². The Bertz CT molecular complexity index is 888. The van der Waals surface area contributed by atoms with Gasteiger partial charge < -0.3 is 20.3 Å². The minimum Gasteiger partial charge on any atom is -0.468 e. The molecule has 3 amide bonds. The van der Waals surface area contributed by atoms with E-state index in [2.05, 4.69) is 15.6 Å². The van der Waals surface area contributed by atoms with Gasteiger partial charge in [0.25, 0.3) is 0 Å². The summed E-state index contributed by atoms with van der Waals surface area (Å²) in [6.07, 6.45) is -1.71. The number of anilines is 1. The fourth-order valence-corrected chi connectivity index (χ4v) is 2.97. The standard InChI is InChI=1S/C20H21F3N4O3/c21-20(22,23)13-30-18-15(3-1-9-24-18)11-25-19(29)26-16-7-5-14(6-8-16)12-27-10-2-4-17(27)28/h1,3,5-9H,2,4,10-13H2,(H2,25,26,29). The van der Waals surface area contributed by atoms with E-state index >= 15 is 0 Å². The monoisotopic (exact) mass is 422 g/mol. The van der Waals surface area contributed by atoms with Crippen molar-refractivity contribution >= 4 is 17.6 Å². The first-order valence-electron chi connectivity index (χ1n) is 9.35. The van der Waals surface area contributed by atoms with E-state index in [0.717, 1.165) is 18.5 Å². The number of halogens is 3. The Balaban J connectivity index is 1.49. The zero-order valence-corrected chi connectivity index (χ0v) is 16.0. The van der Waals surface area contributed by atoms with E-state index in [1.807, 2.05) is 12.1 Å². The molecule has 0 saturated carbocycles. The number of hydrogen-bond acceptors (Lipinski definition) is 4. The van der Waals surface area contributed by atoms with Crippen LogP contribution in [0.25, 0.3) is 0 Å². The molecule has 2 heterocycles. The van der Waals surface area contributed by atoms with Gasteiger partial charge >= 0.3 is 12.2 Å². The SMILES string of the molecule is O=C(NCc1cccnc1OCC(F)(F)F)Nc1ccc(CN2CCCC2=O)cc1. The predicted molar refractivity (Wildman–Crippen MR) is 103 cm³/mol. The van der Waals surface area contributed by atoms with Crippen LogP contribution in [0.1, 0.15) is 24.0 Å². The predicted octanol–water partition coefficient (Wildman–Crippen LogP) is 3.47. The summed E-state index contributed by atoms with van der Waals surface area (Å²) in [5.41, 5.74) is 1.82. The second-order valence-electron chi connectivity index (χ2n) is 6.79. The van der Waals surface area contributed by atoms with Gasteiger partial charge in [-0.05, 0) is 30.2 Å². The van der Waals surface area contributed by atoms with Gasteiger partial charge in [-0.2, -0.15) is 13.2 Å². The zero-order valence-electron chi connectivity index (χ0n) is 16.0. The van der Waals surface area contributed by atoms with Crippen LogP contribution >= 0.6 is 0 Å². The average molecular weight is 422 g/mol. The number of rotatable bonds is 7. The summed E-state index contributed by atoms with van der Waals surface area (Å²) in [7, 11) is 0. The Morgan fingerprint density at radius 3 is 2.63 bits per heavy atom. The molecule has 0 unspecified atom stereocenters. The molecule has 30 heavy (non-hydrogen) atoms. The smallest absolute Gasteiger partial charge is 0.422 e. The summed E-state index contributed by atoms with van der Waals surface area (Å²) in [6.45, 7) is -0.224. The van der Waals surface area contributed by atoms with Crippen LogP contribution in [0.4, 0.5) is 23.7 Å². The summed E-state index contributed by atoms with van der Waals surface area (Å²) >= 11 is 0. The van der Waals surface area contributed by atoms with E-state index in [1.165, 1.54) is 12.3 Å². The molecule has 2 N–H and O–H groups in total. The fraction of sp³-hybridized carbons (Fsp3) is 0.350. The summed E-state index contributed by atoms with van der Waals surface area (Å²) in [5, 5.41) is 5.21. The molecule has 0 aliphatic carbocycles. The Morgan fingerprint density at radius 1 is 1.20 bits per heavy atom. The highest BCUT2D eigenvalue weighted by molar-refractivity contribution is 5.89. The van der Waals surface area contributed by atoms with Crippen LogP contribution in [0, 0.1) is 0 Å².